The smallest absolute Gasteiger partial charge is 0.213 e. The molecule has 0 spiro atoms. The lowest BCUT2D eigenvalue weighted by Crippen LogP contribution is -2.17. The number of methoxy groups -OCH3 is 1. The van der Waals surface area contributed by atoms with Gasteiger partial charge in [0.25, 0.3) is 0 Å². The van der Waals surface area contributed by atoms with E-state index < -0.39 is 0 Å². The van der Waals surface area contributed by atoms with Crippen LogP contribution < -0.4 is 0 Å². The zero-order valence-corrected chi connectivity index (χ0v) is 8.42. The molecule has 0 aliphatic carbocycles. The van der Waals surface area contributed by atoms with E-state index in [1.807, 2.05) is 20.8 Å². The van der Waals surface area contributed by atoms with Crippen LogP contribution in [0.1, 0.15) is 20.8 Å². The minimum absolute atomic E-state index is 0.303. The zero-order chi connectivity index (χ0) is 9.72. The fraction of sp³-hybridized carbons (Fsp3) is 0.667. The summed E-state index contributed by atoms with van der Waals surface area (Å²) in [5, 5.41) is 0. The molecular weight excluding hydrogens is 154 g/mol. The van der Waals surface area contributed by atoms with E-state index in [0.717, 1.165) is 17.9 Å². The fourth-order valence-electron chi connectivity index (χ4n) is 1.05. The number of carbonyl (C=O) groups excluding carboxylic acids is 1. The van der Waals surface area contributed by atoms with Gasteiger partial charge in [-0.05, 0) is 6.92 Å². The monoisotopic (exact) mass is 171 g/mol. The van der Waals surface area contributed by atoms with E-state index in [9.17, 15) is 4.79 Å². The van der Waals surface area contributed by atoms with E-state index in [4.69, 9.17) is 4.74 Å². The van der Waals surface area contributed by atoms with Gasteiger partial charge in [-0.3, -0.25) is 4.79 Å². The molecule has 0 rings (SSSR count). The first kappa shape index (κ1) is 11.0. The Labute approximate surface area is 74.0 Å². The molecule has 0 atom stereocenters. The molecular formula is C9H17NO2. The van der Waals surface area contributed by atoms with Crippen LogP contribution in [0.3, 0.4) is 0 Å². The molecule has 0 aromatic carbocycles. The van der Waals surface area contributed by atoms with Crippen LogP contribution in [0.4, 0.5) is 0 Å². The Hall–Kier alpha value is -0.990. The molecule has 12 heavy (non-hydrogen) atoms. The normalized spacial score (nSPS) is 12.5. The van der Waals surface area contributed by atoms with Crippen LogP contribution in [-0.4, -0.2) is 25.5 Å². The van der Waals surface area contributed by atoms with Crippen molar-refractivity contribution in [3.8, 4) is 0 Å². The van der Waals surface area contributed by atoms with Gasteiger partial charge in [-0.25, -0.2) is 0 Å². The molecule has 0 aliphatic rings. The largest absolute Gasteiger partial charge is 0.499 e. The lowest BCUT2D eigenvalue weighted by atomic mass is 10.1. The molecule has 0 aromatic rings. The van der Waals surface area contributed by atoms with Gasteiger partial charge in [0.15, 0.2) is 0 Å². The molecule has 0 N–H and O–H groups in total. The molecule has 0 bridgehead atoms. The predicted molar refractivity (Wildman–Crippen MR) is 48.4 cm³/mol. The summed E-state index contributed by atoms with van der Waals surface area (Å²) in [6.07, 6.45) is 0.775. The van der Waals surface area contributed by atoms with Gasteiger partial charge in [0.2, 0.25) is 6.41 Å². The second-order valence-electron chi connectivity index (χ2n) is 3.02. The van der Waals surface area contributed by atoms with E-state index in [2.05, 4.69) is 0 Å². The van der Waals surface area contributed by atoms with Crippen molar-refractivity contribution in [2.75, 3.05) is 14.2 Å². The Morgan fingerprint density at radius 3 is 2.25 bits per heavy atom. The first-order valence-electron chi connectivity index (χ1n) is 3.97. The third kappa shape index (κ3) is 2.57. The number of rotatable bonds is 4. The number of amides is 1. The van der Waals surface area contributed by atoms with Crippen molar-refractivity contribution in [1.29, 1.82) is 0 Å². The van der Waals surface area contributed by atoms with E-state index in [-0.39, 0.29) is 0 Å². The molecule has 70 valence electrons. The molecule has 0 aromatic heterocycles. The SMILES string of the molecule is CO/C(=C(/C)N(C)C=O)C(C)C. The summed E-state index contributed by atoms with van der Waals surface area (Å²) in [6.45, 7) is 5.93. The van der Waals surface area contributed by atoms with Gasteiger partial charge in [-0.15, -0.1) is 0 Å². The standard InChI is InChI=1S/C9H17NO2/c1-7(2)9(12-5)8(3)10(4)6-11/h6-7H,1-5H3/b9-8-. The highest BCUT2D eigenvalue weighted by atomic mass is 16.5. The van der Waals surface area contributed by atoms with Crippen molar-refractivity contribution in [3.63, 3.8) is 0 Å². The molecule has 3 heteroatoms. The van der Waals surface area contributed by atoms with Gasteiger partial charge in [-0.1, -0.05) is 13.8 Å². The van der Waals surface area contributed by atoms with Crippen LogP contribution in [0.2, 0.25) is 0 Å². The van der Waals surface area contributed by atoms with Crippen molar-refractivity contribution < 1.29 is 9.53 Å². The lowest BCUT2D eigenvalue weighted by molar-refractivity contribution is -0.115. The number of hydrogen-bond donors (Lipinski definition) is 0. The van der Waals surface area contributed by atoms with E-state index in [1.165, 1.54) is 4.90 Å². The van der Waals surface area contributed by atoms with Crippen molar-refractivity contribution in [2.24, 2.45) is 5.92 Å². The fourth-order valence-corrected chi connectivity index (χ4v) is 1.05. The summed E-state index contributed by atoms with van der Waals surface area (Å²) in [4.78, 5) is 11.9. The molecule has 0 saturated heterocycles. The zero-order valence-electron chi connectivity index (χ0n) is 8.42. The van der Waals surface area contributed by atoms with Gasteiger partial charge in [0.05, 0.1) is 12.8 Å². The summed E-state index contributed by atoms with van der Waals surface area (Å²) in [5.74, 6) is 1.15. The maximum absolute atomic E-state index is 10.4. The summed E-state index contributed by atoms with van der Waals surface area (Å²) >= 11 is 0. The first-order valence-corrected chi connectivity index (χ1v) is 3.97. The van der Waals surface area contributed by atoms with Crippen LogP contribution in [0.5, 0.6) is 0 Å². The second-order valence-corrected chi connectivity index (χ2v) is 3.02. The Kier molecular flexibility index (Phi) is 4.40. The van der Waals surface area contributed by atoms with Gasteiger partial charge in [-0.2, -0.15) is 0 Å². The highest BCUT2D eigenvalue weighted by Gasteiger charge is 2.10. The van der Waals surface area contributed by atoms with Gasteiger partial charge in [0.1, 0.15) is 5.76 Å². The minimum Gasteiger partial charge on any atom is -0.499 e. The van der Waals surface area contributed by atoms with Gasteiger partial charge < -0.3 is 9.64 Å². The van der Waals surface area contributed by atoms with Crippen LogP contribution in [0.25, 0.3) is 0 Å². The van der Waals surface area contributed by atoms with Gasteiger partial charge >= 0.3 is 0 Å². The molecule has 1 amide bonds. The maximum atomic E-state index is 10.4. The van der Waals surface area contributed by atoms with Crippen LogP contribution >= 0.6 is 0 Å². The number of ether oxygens (including phenoxy) is 1. The number of hydrogen-bond acceptors (Lipinski definition) is 2. The Morgan fingerprint density at radius 1 is 1.50 bits per heavy atom. The molecule has 0 aliphatic heterocycles. The molecule has 0 saturated carbocycles. The Balaban J connectivity index is 4.70. The Bertz CT molecular complexity index is 185. The molecule has 3 nitrogen and oxygen atoms in total. The summed E-state index contributed by atoms with van der Waals surface area (Å²) in [5.41, 5.74) is 0.863. The van der Waals surface area contributed by atoms with Crippen LogP contribution in [0.15, 0.2) is 11.5 Å². The molecule has 0 unspecified atom stereocenters. The first-order chi connectivity index (χ1) is 5.54. The van der Waals surface area contributed by atoms with Crippen molar-refractivity contribution in [3.05, 3.63) is 11.5 Å². The maximum Gasteiger partial charge on any atom is 0.213 e. The predicted octanol–water partition coefficient (Wildman–Crippen LogP) is 1.61. The van der Waals surface area contributed by atoms with E-state index in [1.54, 1.807) is 14.2 Å². The third-order valence-corrected chi connectivity index (χ3v) is 1.79. The molecule has 0 heterocycles. The van der Waals surface area contributed by atoms with Crippen molar-refractivity contribution in [2.45, 2.75) is 20.8 Å². The third-order valence-electron chi connectivity index (χ3n) is 1.79. The van der Waals surface area contributed by atoms with Crippen molar-refractivity contribution in [1.82, 2.24) is 4.90 Å². The summed E-state index contributed by atoms with van der Waals surface area (Å²) in [7, 11) is 3.33. The highest BCUT2D eigenvalue weighted by Crippen LogP contribution is 2.16. The minimum atomic E-state index is 0.303. The highest BCUT2D eigenvalue weighted by molar-refractivity contribution is 5.50. The summed E-state index contributed by atoms with van der Waals surface area (Å²) in [6, 6.07) is 0. The van der Waals surface area contributed by atoms with Crippen molar-refractivity contribution >= 4 is 6.41 Å². The van der Waals surface area contributed by atoms with Gasteiger partial charge in [0, 0.05) is 13.0 Å². The second kappa shape index (κ2) is 4.80. The average molecular weight is 171 g/mol. The Morgan fingerprint density at radius 2 is 2.00 bits per heavy atom. The van der Waals surface area contributed by atoms with E-state index >= 15 is 0 Å². The summed E-state index contributed by atoms with van der Waals surface area (Å²) < 4.78 is 5.18. The average Bonchev–Trinajstić information content (AvgIpc) is 2.03. The molecule has 0 fully saturated rings. The molecule has 0 radical (unpaired) electrons. The number of carbonyl (C=O) groups is 1. The van der Waals surface area contributed by atoms with Crippen LogP contribution in [0, 0.1) is 5.92 Å². The quantitative estimate of drug-likeness (QED) is 0.475. The number of nitrogens with zero attached hydrogens (tertiary/aromatic N) is 1. The number of allylic oxidation sites excluding steroid dienone is 2. The van der Waals surface area contributed by atoms with E-state index in [0.29, 0.717) is 5.92 Å². The lowest BCUT2D eigenvalue weighted by Gasteiger charge is -2.18. The topological polar surface area (TPSA) is 29.5 Å². The van der Waals surface area contributed by atoms with Crippen LogP contribution in [-0.2, 0) is 9.53 Å².